The first-order chi connectivity index (χ1) is 13.0. The molecule has 0 saturated heterocycles. The van der Waals surface area contributed by atoms with Crippen LogP contribution in [0.3, 0.4) is 0 Å². The van der Waals surface area contributed by atoms with Crippen molar-refractivity contribution in [3.63, 3.8) is 0 Å². The van der Waals surface area contributed by atoms with Crippen molar-refractivity contribution >= 4 is 27.6 Å². The van der Waals surface area contributed by atoms with E-state index in [2.05, 4.69) is 15.3 Å². The minimum atomic E-state index is -3.66. The molecule has 3 rings (SSSR count). The molecule has 3 N–H and O–H groups in total. The molecule has 0 fully saturated rings. The van der Waals surface area contributed by atoms with Gasteiger partial charge in [0, 0.05) is 18.2 Å². The molecule has 0 atom stereocenters. The number of rotatable bonds is 7. The van der Waals surface area contributed by atoms with Gasteiger partial charge in [-0.25, -0.2) is 23.5 Å². The first kappa shape index (κ1) is 19.3. The summed E-state index contributed by atoms with van der Waals surface area (Å²) in [6.45, 7) is 0.661. The van der Waals surface area contributed by atoms with Gasteiger partial charge in [-0.1, -0.05) is 54.2 Å². The van der Waals surface area contributed by atoms with Crippen LogP contribution < -0.4 is 10.5 Å². The van der Waals surface area contributed by atoms with Crippen LogP contribution in [0.25, 0.3) is 11.3 Å². The Kier molecular flexibility index (Phi) is 6.10. The highest BCUT2D eigenvalue weighted by molar-refractivity contribution is 7.98. The Bertz CT molecular complexity index is 1010. The van der Waals surface area contributed by atoms with Gasteiger partial charge in [-0.15, -0.1) is 0 Å². The fourth-order valence-electron chi connectivity index (χ4n) is 2.54. The lowest BCUT2D eigenvalue weighted by Crippen LogP contribution is -2.12. The van der Waals surface area contributed by atoms with Gasteiger partial charge in [0.1, 0.15) is 5.82 Å². The minimum absolute atomic E-state index is 0.118. The summed E-state index contributed by atoms with van der Waals surface area (Å²) >= 11 is 1.49. The maximum absolute atomic E-state index is 11.3. The quantitative estimate of drug-likeness (QED) is 0.467. The molecule has 0 amide bonds. The zero-order valence-corrected chi connectivity index (χ0v) is 16.4. The molecule has 8 heteroatoms. The smallest absolute Gasteiger partial charge is 0.238 e. The average Bonchev–Trinajstić information content (AvgIpc) is 2.68. The molecule has 0 aliphatic rings. The number of nitrogens with two attached hydrogens (primary N) is 1. The number of benzene rings is 2. The van der Waals surface area contributed by atoms with Crippen LogP contribution >= 0.6 is 11.8 Å². The molecule has 2 aromatic carbocycles. The lowest BCUT2D eigenvalue weighted by molar-refractivity contribution is 0.598. The van der Waals surface area contributed by atoms with Gasteiger partial charge >= 0.3 is 0 Å². The SMILES string of the molecule is CSc1nc(NCCc2ccc(S(N)(=O)=O)cc2)cc(-c2ccccc2)n1. The van der Waals surface area contributed by atoms with E-state index in [1.54, 1.807) is 12.1 Å². The first-order valence-corrected chi connectivity index (χ1v) is 11.1. The summed E-state index contributed by atoms with van der Waals surface area (Å²) < 4.78 is 22.6. The summed E-state index contributed by atoms with van der Waals surface area (Å²) in [5.41, 5.74) is 2.92. The molecule has 140 valence electrons. The van der Waals surface area contributed by atoms with E-state index in [-0.39, 0.29) is 4.90 Å². The molecule has 0 aliphatic carbocycles. The molecule has 3 aromatic rings. The van der Waals surface area contributed by atoms with E-state index >= 15 is 0 Å². The molecule has 0 radical (unpaired) electrons. The highest BCUT2D eigenvalue weighted by atomic mass is 32.2. The molecular weight excluding hydrogens is 380 g/mol. The van der Waals surface area contributed by atoms with Crippen LogP contribution in [0.15, 0.2) is 70.7 Å². The molecule has 0 saturated carbocycles. The molecular formula is C19H20N4O2S2. The predicted molar refractivity (Wildman–Crippen MR) is 109 cm³/mol. The van der Waals surface area contributed by atoms with Crippen LogP contribution in [0.4, 0.5) is 5.82 Å². The van der Waals surface area contributed by atoms with Gasteiger partial charge in [-0.3, -0.25) is 0 Å². The van der Waals surface area contributed by atoms with Crippen LogP contribution in [-0.2, 0) is 16.4 Å². The second-order valence-electron chi connectivity index (χ2n) is 5.86. The zero-order chi connectivity index (χ0) is 19.3. The third-order valence-corrected chi connectivity index (χ3v) is 5.41. The average molecular weight is 401 g/mol. The number of nitrogens with one attached hydrogen (secondary N) is 1. The summed E-state index contributed by atoms with van der Waals surface area (Å²) in [6.07, 6.45) is 2.67. The largest absolute Gasteiger partial charge is 0.370 e. The van der Waals surface area contributed by atoms with Crippen LogP contribution in [0.5, 0.6) is 0 Å². The summed E-state index contributed by atoms with van der Waals surface area (Å²) in [4.78, 5) is 9.18. The van der Waals surface area contributed by atoms with E-state index < -0.39 is 10.0 Å². The van der Waals surface area contributed by atoms with Gasteiger partial charge in [0.2, 0.25) is 10.0 Å². The second-order valence-corrected chi connectivity index (χ2v) is 8.19. The zero-order valence-electron chi connectivity index (χ0n) is 14.8. The maximum atomic E-state index is 11.3. The number of hydrogen-bond donors (Lipinski definition) is 2. The molecule has 0 aliphatic heterocycles. The Labute approximate surface area is 163 Å². The lowest BCUT2D eigenvalue weighted by atomic mass is 10.1. The van der Waals surface area contributed by atoms with E-state index in [0.717, 1.165) is 29.1 Å². The summed E-state index contributed by atoms with van der Waals surface area (Å²) in [7, 11) is -3.66. The number of thioether (sulfide) groups is 1. The van der Waals surface area contributed by atoms with Gasteiger partial charge < -0.3 is 5.32 Å². The molecule has 27 heavy (non-hydrogen) atoms. The number of aromatic nitrogens is 2. The molecule has 1 aromatic heterocycles. The Balaban J connectivity index is 1.69. The third-order valence-electron chi connectivity index (χ3n) is 3.93. The number of primary sulfonamides is 1. The van der Waals surface area contributed by atoms with Crippen molar-refractivity contribution in [3.05, 3.63) is 66.2 Å². The first-order valence-electron chi connectivity index (χ1n) is 8.30. The Morgan fingerprint density at radius 2 is 1.74 bits per heavy atom. The Morgan fingerprint density at radius 1 is 1.04 bits per heavy atom. The Hall–Kier alpha value is -2.42. The third kappa shape index (κ3) is 5.29. The molecule has 0 spiro atoms. The van der Waals surface area contributed by atoms with Gasteiger partial charge in [-0.2, -0.15) is 0 Å². The van der Waals surface area contributed by atoms with Crippen molar-refractivity contribution in [2.75, 3.05) is 18.1 Å². The number of hydrogen-bond acceptors (Lipinski definition) is 6. The predicted octanol–water partition coefficient (Wildman–Crippen LogP) is 3.17. The van der Waals surface area contributed by atoms with Crippen LogP contribution in [0, 0.1) is 0 Å². The fraction of sp³-hybridized carbons (Fsp3) is 0.158. The van der Waals surface area contributed by atoms with Gasteiger partial charge in [0.15, 0.2) is 5.16 Å². The van der Waals surface area contributed by atoms with Crippen molar-refractivity contribution in [2.45, 2.75) is 16.5 Å². The standard InChI is InChI=1S/C19H20N4O2S2/c1-26-19-22-17(15-5-3-2-4-6-15)13-18(23-19)21-12-11-14-7-9-16(10-8-14)27(20,24)25/h2-10,13H,11-12H2,1H3,(H2,20,24,25)(H,21,22,23). The highest BCUT2D eigenvalue weighted by Crippen LogP contribution is 2.22. The number of nitrogens with zero attached hydrogens (tertiary/aromatic N) is 2. The van der Waals surface area contributed by atoms with Crippen molar-refractivity contribution in [2.24, 2.45) is 5.14 Å². The van der Waals surface area contributed by atoms with Crippen molar-refractivity contribution < 1.29 is 8.42 Å². The van der Waals surface area contributed by atoms with Crippen molar-refractivity contribution in [1.29, 1.82) is 0 Å². The summed E-state index contributed by atoms with van der Waals surface area (Å²) in [5.74, 6) is 0.759. The van der Waals surface area contributed by atoms with Gasteiger partial charge in [-0.05, 0) is 30.4 Å². The number of anilines is 1. The maximum Gasteiger partial charge on any atom is 0.238 e. The van der Waals surface area contributed by atoms with E-state index in [9.17, 15) is 8.42 Å². The number of sulfonamides is 1. The van der Waals surface area contributed by atoms with Crippen LogP contribution in [-0.4, -0.2) is 31.2 Å². The van der Waals surface area contributed by atoms with E-state index in [1.165, 1.54) is 23.9 Å². The molecule has 0 bridgehead atoms. The molecule has 1 heterocycles. The van der Waals surface area contributed by atoms with Crippen molar-refractivity contribution in [3.8, 4) is 11.3 Å². The fourth-order valence-corrected chi connectivity index (χ4v) is 3.44. The normalized spacial score (nSPS) is 11.3. The Morgan fingerprint density at radius 3 is 2.37 bits per heavy atom. The summed E-state index contributed by atoms with van der Waals surface area (Å²) in [5, 5.41) is 9.14. The van der Waals surface area contributed by atoms with Crippen LogP contribution in [0.2, 0.25) is 0 Å². The van der Waals surface area contributed by atoms with E-state index in [1.807, 2.05) is 42.7 Å². The molecule has 6 nitrogen and oxygen atoms in total. The van der Waals surface area contributed by atoms with Crippen LogP contribution in [0.1, 0.15) is 5.56 Å². The topological polar surface area (TPSA) is 98.0 Å². The monoisotopic (exact) mass is 400 g/mol. The van der Waals surface area contributed by atoms with E-state index in [4.69, 9.17) is 5.14 Å². The minimum Gasteiger partial charge on any atom is -0.370 e. The van der Waals surface area contributed by atoms with E-state index in [0.29, 0.717) is 11.7 Å². The summed E-state index contributed by atoms with van der Waals surface area (Å²) in [6, 6.07) is 18.5. The molecule has 0 unspecified atom stereocenters. The lowest BCUT2D eigenvalue weighted by Gasteiger charge is -2.10. The van der Waals surface area contributed by atoms with Gasteiger partial charge in [0.25, 0.3) is 0 Å². The second kappa shape index (κ2) is 8.51. The highest BCUT2D eigenvalue weighted by Gasteiger charge is 2.08. The van der Waals surface area contributed by atoms with Crippen molar-refractivity contribution in [1.82, 2.24) is 9.97 Å². The van der Waals surface area contributed by atoms with Gasteiger partial charge in [0.05, 0.1) is 10.6 Å².